The smallest absolute Gasteiger partial charge is 0.348 e. The molecule has 136 valence electrons. The molecule has 0 amide bonds. The molecular formula is C18H17Cl2N3O2S. The molecule has 0 saturated carbocycles. The van der Waals surface area contributed by atoms with Gasteiger partial charge < -0.3 is 10.1 Å². The molecular weight excluding hydrogens is 393 g/mol. The highest BCUT2D eigenvalue weighted by Gasteiger charge is 2.20. The number of esters is 1. The van der Waals surface area contributed by atoms with Crippen molar-refractivity contribution in [2.24, 2.45) is 5.92 Å². The number of rotatable bonds is 5. The molecule has 0 aliphatic rings. The third kappa shape index (κ3) is 3.92. The van der Waals surface area contributed by atoms with Gasteiger partial charge in [0.2, 0.25) is 0 Å². The van der Waals surface area contributed by atoms with Gasteiger partial charge in [0.05, 0.1) is 22.0 Å². The number of fused-ring (bicyclic) bond motifs is 1. The van der Waals surface area contributed by atoms with Gasteiger partial charge in [0.15, 0.2) is 0 Å². The first-order valence-electron chi connectivity index (χ1n) is 8.00. The second-order valence-corrected chi connectivity index (χ2v) is 8.02. The lowest BCUT2D eigenvalue weighted by atomic mass is 10.2. The number of nitrogens with zero attached hydrogens (tertiary/aromatic N) is 2. The van der Waals surface area contributed by atoms with Crippen molar-refractivity contribution >= 4 is 62.2 Å². The fraction of sp³-hybridized carbons (Fsp3) is 0.278. The number of carbonyl (C=O) groups excluding carboxylic acids is 1. The number of carbonyl (C=O) groups is 1. The van der Waals surface area contributed by atoms with Crippen LogP contribution in [0.5, 0.6) is 0 Å². The molecule has 1 aromatic carbocycles. The third-order valence-corrected chi connectivity index (χ3v) is 5.56. The number of halogens is 2. The fourth-order valence-corrected chi connectivity index (χ4v) is 3.72. The van der Waals surface area contributed by atoms with Gasteiger partial charge in [-0.3, -0.25) is 0 Å². The fourth-order valence-electron chi connectivity index (χ4n) is 2.38. The van der Waals surface area contributed by atoms with Crippen LogP contribution in [0, 0.1) is 12.8 Å². The van der Waals surface area contributed by atoms with Crippen LogP contribution >= 0.6 is 34.5 Å². The van der Waals surface area contributed by atoms with E-state index in [2.05, 4.69) is 15.3 Å². The summed E-state index contributed by atoms with van der Waals surface area (Å²) in [5.41, 5.74) is 1.54. The zero-order valence-electron chi connectivity index (χ0n) is 14.5. The highest BCUT2D eigenvalue weighted by molar-refractivity contribution is 7.20. The zero-order chi connectivity index (χ0) is 18.8. The Morgan fingerprint density at radius 1 is 1.27 bits per heavy atom. The number of anilines is 2. The Kier molecular flexibility index (Phi) is 5.65. The first-order chi connectivity index (χ1) is 12.4. The standard InChI is InChI=1S/C18H17Cl2N3O2S/c1-9(2)7-25-18(24)15-10(3)14-16(21-8-22-17(14)26-15)23-11-4-5-12(19)13(20)6-11/h4-6,8-9H,7H2,1-3H3,(H,21,22,23). The van der Waals surface area contributed by atoms with Crippen molar-refractivity contribution in [2.45, 2.75) is 20.8 Å². The number of aromatic nitrogens is 2. The molecule has 2 aromatic heterocycles. The predicted molar refractivity (Wildman–Crippen MR) is 107 cm³/mol. The Balaban J connectivity index is 1.96. The molecule has 0 aliphatic heterocycles. The Morgan fingerprint density at radius 2 is 2.04 bits per heavy atom. The molecule has 3 aromatic rings. The SMILES string of the molecule is Cc1c(C(=O)OCC(C)C)sc2ncnc(Nc3ccc(Cl)c(Cl)c3)c12. The summed E-state index contributed by atoms with van der Waals surface area (Å²) in [5.74, 6) is 0.546. The van der Waals surface area contributed by atoms with E-state index >= 15 is 0 Å². The Bertz CT molecular complexity index is 972. The van der Waals surface area contributed by atoms with Gasteiger partial charge in [-0.1, -0.05) is 37.0 Å². The van der Waals surface area contributed by atoms with E-state index in [1.165, 1.54) is 17.7 Å². The number of hydrogen-bond acceptors (Lipinski definition) is 6. The molecule has 0 spiro atoms. The Morgan fingerprint density at radius 3 is 2.73 bits per heavy atom. The molecule has 2 heterocycles. The maximum absolute atomic E-state index is 12.4. The normalized spacial score (nSPS) is 11.2. The largest absolute Gasteiger partial charge is 0.461 e. The van der Waals surface area contributed by atoms with Crippen molar-refractivity contribution in [3.05, 3.63) is 45.0 Å². The average Bonchev–Trinajstić information content (AvgIpc) is 2.94. The quantitative estimate of drug-likeness (QED) is 0.534. The summed E-state index contributed by atoms with van der Waals surface area (Å²) in [6.07, 6.45) is 1.46. The van der Waals surface area contributed by atoms with Crippen molar-refractivity contribution in [2.75, 3.05) is 11.9 Å². The molecule has 0 unspecified atom stereocenters. The van der Waals surface area contributed by atoms with E-state index in [-0.39, 0.29) is 11.9 Å². The van der Waals surface area contributed by atoms with Crippen LogP contribution in [-0.2, 0) is 4.74 Å². The van der Waals surface area contributed by atoms with E-state index in [9.17, 15) is 4.79 Å². The molecule has 3 rings (SSSR count). The number of hydrogen-bond donors (Lipinski definition) is 1. The van der Waals surface area contributed by atoms with Gasteiger partial charge in [0, 0.05) is 5.69 Å². The van der Waals surface area contributed by atoms with Crippen LogP contribution in [0.1, 0.15) is 29.1 Å². The van der Waals surface area contributed by atoms with Gasteiger partial charge in [-0.15, -0.1) is 11.3 Å². The summed E-state index contributed by atoms with van der Waals surface area (Å²) >= 11 is 13.3. The summed E-state index contributed by atoms with van der Waals surface area (Å²) in [4.78, 5) is 22.2. The number of benzene rings is 1. The lowest BCUT2D eigenvalue weighted by Crippen LogP contribution is -2.09. The van der Waals surface area contributed by atoms with Crippen molar-refractivity contribution in [1.29, 1.82) is 0 Å². The molecule has 0 aliphatic carbocycles. The van der Waals surface area contributed by atoms with Gasteiger partial charge in [0.1, 0.15) is 21.9 Å². The molecule has 0 saturated heterocycles. The minimum atomic E-state index is -0.334. The lowest BCUT2D eigenvalue weighted by Gasteiger charge is -2.08. The van der Waals surface area contributed by atoms with E-state index in [4.69, 9.17) is 27.9 Å². The summed E-state index contributed by atoms with van der Waals surface area (Å²) in [6, 6.07) is 5.23. The topological polar surface area (TPSA) is 64.1 Å². The monoisotopic (exact) mass is 409 g/mol. The average molecular weight is 410 g/mol. The number of ether oxygens (including phenoxy) is 1. The van der Waals surface area contributed by atoms with Crippen LogP contribution in [0.25, 0.3) is 10.2 Å². The number of aryl methyl sites for hydroxylation is 1. The highest BCUT2D eigenvalue weighted by Crippen LogP contribution is 2.35. The number of nitrogens with one attached hydrogen (secondary N) is 1. The van der Waals surface area contributed by atoms with Gasteiger partial charge in [-0.2, -0.15) is 0 Å². The van der Waals surface area contributed by atoms with E-state index in [1.54, 1.807) is 12.1 Å². The Labute approximate surface area is 165 Å². The summed E-state index contributed by atoms with van der Waals surface area (Å²) in [6.45, 7) is 6.24. The van der Waals surface area contributed by atoms with Crippen molar-refractivity contribution in [1.82, 2.24) is 9.97 Å². The lowest BCUT2D eigenvalue weighted by molar-refractivity contribution is 0.0464. The highest BCUT2D eigenvalue weighted by atomic mass is 35.5. The van der Waals surface area contributed by atoms with Crippen molar-refractivity contribution in [3.8, 4) is 0 Å². The second-order valence-electron chi connectivity index (χ2n) is 6.20. The molecule has 0 atom stereocenters. The Hall–Kier alpha value is -1.89. The first kappa shape index (κ1) is 18.9. The second kappa shape index (κ2) is 7.78. The first-order valence-corrected chi connectivity index (χ1v) is 9.57. The predicted octanol–water partition coefficient (Wildman–Crippen LogP) is 5.86. The summed E-state index contributed by atoms with van der Waals surface area (Å²) in [7, 11) is 0. The van der Waals surface area contributed by atoms with Gasteiger partial charge in [0.25, 0.3) is 0 Å². The minimum absolute atomic E-state index is 0.278. The van der Waals surface area contributed by atoms with Crippen LogP contribution < -0.4 is 5.32 Å². The maximum atomic E-state index is 12.4. The minimum Gasteiger partial charge on any atom is -0.461 e. The molecule has 8 heteroatoms. The zero-order valence-corrected chi connectivity index (χ0v) is 16.8. The van der Waals surface area contributed by atoms with Crippen LogP contribution in [0.4, 0.5) is 11.5 Å². The van der Waals surface area contributed by atoms with Gasteiger partial charge >= 0.3 is 5.97 Å². The summed E-state index contributed by atoms with van der Waals surface area (Å²) in [5, 5.41) is 4.94. The van der Waals surface area contributed by atoms with Crippen LogP contribution in [-0.4, -0.2) is 22.5 Å². The van der Waals surface area contributed by atoms with Crippen LogP contribution in [0.3, 0.4) is 0 Å². The van der Waals surface area contributed by atoms with E-state index in [0.29, 0.717) is 27.3 Å². The summed E-state index contributed by atoms with van der Waals surface area (Å²) < 4.78 is 5.36. The van der Waals surface area contributed by atoms with Crippen molar-refractivity contribution < 1.29 is 9.53 Å². The molecule has 1 N–H and O–H groups in total. The van der Waals surface area contributed by atoms with Crippen molar-refractivity contribution in [3.63, 3.8) is 0 Å². The molecule has 0 bridgehead atoms. The molecule has 0 fully saturated rings. The van der Waals surface area contributed by atoms with Gasteiger partial charge in [-0.25, -0.2) is 14.8 Å². The molecule has 26 heavy (non-hydrogen) atoms. The maximum Gasteiger partial charge on any atom is 0.348 e. The van der Waals surface area contributed by atoms with E-state index in [0.717, 1.165) is 21.5 Å². The van der Waals surface area contributed by atoms with Crippen LogP contribution in [0.2, 0.25) is 10.0 Å². The number of thiophene rings is 1. The third-order valence-electron chi connectivity index (χ3n) is 3.64. The van der Waals surface area contributed by atoms with E-state index in [1.807, 2.05) is 26.8 Å². The van der Waals surface area contributed by atoms with E-state index < -0.39 is 0 Å². The van der Waals surface area contributed by atoms with Crippen LogP contribution in [0.15, 0.2) is 24.5 Å². The van der Waals surface area contributed by atoms with Gasteiger partial charge in [-0.05, 0) is 36.6 Å². The molecule has 0 radical (unpaired) electrons. The molecule has 5 nitrogen and oxygen atoms in total.